The second-order valence-corrected chi connectivity index (χ2v) is 6.86. The Morgan fingerprint density at radius 3 is 2.74 bits per heavy atom. The molecule has 110 valence electrons. The van der Waals surface area contributed by atoms with Crippen LogP contribution in [-0.2, 0) is 4.79 Å². The molecule has 4 atom stereocenters. The molecule has 0 aromatic carbocycles. The minimum atomic E-state index is 0.0528. The van der Waals surface area contributed by atoms with Crippen LogP contribution in [0.1, 0.15) is 66.2 Å². The first-order chi connectivity index (χ1) is 9.02. The highest BCUT2D eigenvalue weighted by Gasteiger charge is 2.41. The minimum absolute atomic E-state index is 0.0528. The zero-order chi connectivity index (χ0) is 14.0. The summed E-state index contributed by atoms with van der Waals surface area (Å²) in [6.07, 6.45) is 7.49. The van der Waals surface area contributed by atoms with Crippen LogP contribution in [0.15, 0.2) is 0 Å². The first-order valence-electron chi connectivity index (χ1n) is 8.11. The fourth-order valence-corrected chi connectivity index (χ4v) is 3.84. The molecule has 0 bridgehead atoms. The normalized spacial score (nSPS) is 36.3. The molecule has 0 aromatic rings. The lowest BCUT2D eigenvalue weighted by Gasteiger charge is -2.37. The number of hydrogen-bond acceptors (Lipinski definition) is 2. The van der Waals surface area contributed by atoms with Gasteiger partial charge in [0.05, 0.1) is 12.2 Å². The molecule has 0 aromatic heterocycles. The van der Waals surface area contributed by atoms with E-state index in [-0.39, 0.29) is 12.2 Å². The zero-order valence-corrected chi connectivity index (χ0v) is 13.0. The minimum Gasteiger partial charge on any atom is -0.323 e. The first-order valence-corrected chi connectivity index (χ1v) is 8.11. The molecule has 1 amide bonds. The third kappa shape index (κ3) is 3.31. The summed E-state index contributed by atoms with van der Waals surface area (Å²) < 4.78 is 0. The van der Waals surface area contributed by atoms with Crippen molar-refractivity contribution >= 4 is 5.91 Å². The monoisotopic (exact) mass is 266 g/mol. The second-order valence-electron chi connectivity index (χ2n) is 6.86. The summed E-state index contributed by atoms with van der Waals surface area (Å²) in [6, 6.07) is 0.530. The summed E-state index contributed by atoms with van der Waals surface area (Å²) in [4.78, 5) is 14.8. The van der Waals surface area contributed by atoms with E-state index in [0.29, 0.717) is 17.9 Å². The molecule has 1 aliphatic heterocycles. The number of nitrogens with one attached hydrogen (secondary N) is 1. The van der Waals surface area contributed by atoms with Gasteiger partial charge in [-0.3, -0.25) is 10.1 Å². The van der Waals surface area contributed by atoms with Crippen molar-refractivity contribution in [2.75, 3.05) is 0 Å². The molecule has 1 heterocycles. The van der Waals surface area contributed by atoms with E-state index in [1.165, 1.54) is 32.1 Å². The molecular weight excluding hydrogens is 236 g/mol. The summed E-state index contributed by atoms with van der Waals surface area (Å²) in [7, 11) is 0. The van der Waals surface area contributed by atoms with Crippen molar-refractivity contribution in [3.63, 3.8) is 0 Å². The standard InChI is InChI=1S/C16H30N2O/c1-5-13-7-6-8-14(10-13)18-12(4)17-15(16(18)19)9-11(2)3/h11-15,17H,5-10H2,1-4H3. The number of carbonyl (C=O) groups is 1. The predicted molar refractivity (Wildman–Crippen MR) is 78.7 cm³/mol. The third-order valence-electron chi connectivity index (χ3n) is 4.85. The molecule has 2 aliphatic rings. The molecule has 1 saturated heterocycles. The summed E-state index contributed by atoms with van der Waals surface area (Å²) in [6.45, 7) is 8.81. The van der Waals surface area contributed by atoms with E-state index in [0.717, 1.165) is 12.3 Å². The lowest BCUT2D eigenvalue weighted by atomic mass is 9.83. The van der Waals surface area contributed by atoms with Crippen LogP contribution in [0, 0.1) is 11.8 Å². The van der Waals surface area contributed by atoms with E-state index in [1.807, 2.05) is 0 Å². The number of carbonyl (C=O) groups excluding carboxylic acids is 1. The SMILES string of the molecule is CCC1CCCC(N2C(=O)C(CC(C)C)NC2C)C1. The summed E-state index contributed by atoms with van der Waals surface area (Å²) >= 11 is 0. The second kappa shape index (κ2) is 6.25. The van der Waals surface area contributed by atoms with Gasteiger partial charge in [-0.25, -0.2) is 0 Å². The third-order valence-corrected chi connectivity index (χ3v) is 4.85. The number of hydrogen-bond donors (Lipinski definition) is 1. The van der Waals surface area contributed by atoms with Crippen LogP contribution in [0.3, 0.4) is 0 Å². The predicted octanol–water partition coefficient (Wildman–Crippen LogP) is 3.15. The van der Waals surface area contributed by atoms with Gasteiger partial charge < -0.3 is 4.90 Å². The van der Waals surface area contributed by atoms with Gasteiger partial charge in [-0.15, -0.1) is 0 Å². The average molecular weight is 266 g/mol. The molecule has 0 radical (unpaired) electrons. The maximum Gasteiger partial charge on any atom is 0.241 e. The highest BCUT2D eigenvalue weighted by molar-refractivity contribution is 5.84. The van der Waals surface area contributed by atoms with Crippen LogP contribution in [-0.4, -0.2) is 29.1 Å². The fourth-order valence-electron chi connectivity index (χ4n) is 3.84. The number of amides is 1. The highest BCUT2D eigenvalue weighted by atomic mass is 16.2. The van der Waals surface area contributed by atoms with Gasteiger partial charge in [-0.05, 0) is 38.0 Å². The van der Waals surface area contributed by atoms with Gasteiger partial charge in [0, 0.05) is 6.04 Å². The molecule has 2 rings (SSSR count). The van der Waals surface area contributed by atoms with Crippen molar-refractivity contribution in [1.82, 2.24) is 10.2 Å². The van der Waals surface area contributed by atoms with Crippen molar-refractivity contribution in [3.8, 4) is 0 Å². The van der Waals surface area contributed by atoms with Crippen molar-refractivity contribution < 1.29 is 4.79 Å². The Bertz CT molecular complexity index is 316. The number of rotatable bonds is 4. The fraction of sp³-hybridized carbons (Fsp3) is 0.938. The van der Waals surface area contributed by atoms with Crippen LogP contribution in [0.25, 0.3) is 0 Å². The van der Waals surface area contributed by atoms with Crippen LogP contribution in [0.4, 0.5) is 0 Å². The molecule has 2 fully saturated rings. The Morgan fingerprint density at radius 2 is 2.11 bits per heavy atom. The van der Waals surface area contributed by atoms with Crippen LogP contribution < -0.4 is 5.32 Å². The Balaban J connectivity index is 2.01. The van der Waals surface area contributed by atoms with Crippen molar-refractivity contribution in [3.05, 3.63) is 0 Å². The first kappa shape index (κ1) is 14.8. The van der Waals surface area contributed by atoms with Crippen LogP contribution in [0.2, 0.25) is 0 Å². The Kier molecular flexibility index (Phi) is 4.88. The van der Waals surface area contributed by atoms with Gasteiger partial charge in [0.1, 0.15) is 0 Å². The van der Waals surface area contributed by atoms with E-state index in [4.69, 9.17) is 0 Å². The van der Waals surface area contributed by atoms with Crippen molar-refractivity contribution in [1.29, 1.82) is 0 Å². The van der Waals surface area contributed by atoms with Gasteiger partial charge in [-0.2, -0.15) is 0 Å². The van der Waals surface area contributed by atoms with E-state index in [9.17, 15) is 4.79 Å². The van der Waals surface area contributed by atoms with Gasteiger partial charge >= 0.3 is 0 Å². The van der Waals surface area contributed by atoms with Crippen LogP contribution in [0.5, 0.6) is 0 Å². The van der Waals surface area contributed by atoms with Gasteiger partial charge in [0.15, 0.2) is 0 Å². The lowest BCUT2D eigenvalue weighted by Crippen LogP contribution is -2.45. The van der Waals surface area contributed by atoms with Gasteiger partial charge in [-0.1, -0.05) is 40.0 Å². The molecule has 1 N–H and O–H groups in total. The van der Waals surface area contributed by atoms with Crippen molar-refractivity contribution in [2.24, 2.45) is 11.8 Å². The summed E-state index contributed by atoms with van der Waals surface area (Å²) in [5.74, 6) is 1.74. The summed E-state index contributed by atoms with van der Waals surface area (Å²) in [5.41, 5.74) is 0. The smallest absolute Gasteiger partial charge is 0.241 e. The molecule has 19 heavy (non-hydrogen) atoms. The molecule has 1 saturated carbocycles. The maximum atomic E-state index is 12.6. The van der Waals surface area contributed by atoms with Gasteiger partial charge in [0.2, 0.25) is 5.91 Å². The highest BCUT2D eigenvalue weighted by Crippen LogP contribution is 2.32. The molecule has 4 unspecified atom stereocenters. The zero-order valence-electron chi connectivity index (χ0n) is 13.0. The van der Waals surface area contributed by atoms with E-state index in [1.54, 1.807) is 0 Å². The maximum absolute atomic E-state index is 12.6. The molecule has 0 spiro atoms. The quantitative estimate of drug-likeness (QED) is 0.848. The Morgan fingerprint density at radius 1 is 1.37 bits per heavy atom. The van der Waals surface area contributed by atoms with E-state index >= 15 is 0 Å². The van der Waals surface area contributed by atoms with Crippen LogP contribution >= 0.6 is 0 Å². The lowest BCUT2D eigenvalue weighted by molar-refractivity contribution is -0.133. The van der Waals surface area contributed by atoms with Crippen molar-refractivity contribution in [2.45, 2.75) is 84.5 Å². The topological polar surface area (TPSA) is 32.3 Å². The van der Waals surface area contributed by atoms with Gasteiger partial charge in [0.25, 0.3) is 0 Å². The average Bonchev–Trinajstić information content (AvgIpc) is 2.64. The Labute approximate surface area is 118 Å². The molecule has 3 heteroatoms. The van der Waals surface area contributed by atoms with E-state index < -0.39 is 0 Å². The molecule has 3 nitrogen and oxygen atoms in total. The largest absolute Gasteiger partial charge is 0.323 e. The molecule has 1 aliphatic carbocycles. The van der Waals surface area contributed by atoms with E-state index in [2.05, 4.69) is 37.9 Å². The Hall–Kier alpha value is -0.570. The number of nitrogens with zero attached hydrogens (tertiary/aromatic N) is 1. The molecular formula is C16H30N2O. The summed E-state index contributed by atoms with van der Waals surface area (Å²) in [5, 5.41) is 3.49.